The number of esters is 1. The van der Waals surface area contributed by atoms with Gasteiger partial charge in [-0.2, -0.15) is 0 Å². The van der Waals surface area contributed by atoms with E-state index < -0.39 is 5.97 Å². The van der Waals surface area contributed by atoms with Gasteiger partial charge in [0.2, 0.25) is 0 Å². The van der Waals surface area contributed by atoms with Gasteiger partial charge in [-0.05, 0) is 66.8 Å². The van der Waals surface area contributed by atoms with Crippen molar-refractivity contribution >= 4 is 28.5 Å². The van der Waals surface area contributed by atoms with E-state index >= 15 is 0 Å². The van der Waals surface area contributed by atoms with E-state index in [1.807, 2.05) is 93.6 Å². The van der Waals surface area contributed by atoms with Crippen molar-refractivity contribution in [1.82, 2.24) is 4.98 Å². The average molecular weight is 439 g/mol. The van der Waals surface area contributed by atoms with E-state index in [0.29, 0.717) is 5.69 Å². The van der Waals surface area contributed by atoms with Crippen molar-refractivity contribution in [2.75, 3.05) is 11.9 Å². The fraction of sp³-hybridized carbons (Fsp3) is 0.179. The highest BCUT2D eigenvalue weighted by molar-refractivity contribution is 5.98. The van der Waals surface area contributed by atoms with Gasteiger partial charge in [-0.3, -0.25) is 14.6 Å². The predicted molar refractivity (Wildman–Crippen MR) is 131 cm³/mol. The van der Waals surface area contributed by atoms with Crippen molar-refractivity contribution in [1.29, 1.82) is 0 Å². The van der Waals surface area contributed by atoms with Crippen molar-refractivity contribution in [3.05, 3.63) is 95.2 Å². The summed E-state index contributed by atoms with van der Waals surface area (Å²) in [6.45, 7) is 5.49. The largest absolute Gasteiger partial charge is 0.455 e. The minimum absolute atomic E-state index is 0.0325. The van der Waals surface area contributed by atoms with Gasteiger partial charge in [-0.25, -0.2) is 0 Å². The lowest BCUT2D eigenvalue weighted by Crippen LogP contribution is -2.22. The van der Waals surface area contributed by atoms with Crippen LogP contribution >= 0.6 is 0 Å². The second-order valence-electron chi connectivity index (χ2n) is 8.20. The van der Waals surface area contributed by atoms with E-state index in [-0.39, 0.29) is 18.9 Å². The molecule has 0 spiro atoms. The minimum Gasteiger partial charge on any atom is -0.455 e. The van der Waals surface area contributed by atoms with Crippen molar-refractivity contribution in [2.24, 2.45) is 0 Å². The van der Waals surface area contributed by atoms with Crippen LogP contribution in [-0.4, -0.2) is 23.5 Å². The summed E-state index contributed by atoms with van der Waals surface area (Å²) in [4.78, 5) is 29.7. The van der Waals surface area contributed by atoms with Crippen LogP contribution in [0.5, 0.6) is 0 Å². The molecule has 4 rings (SSSR count). The van der Waals surface area contributed by atoms with E-state index in [0.717, 1.165) is 44.4 Å². The second kappa shape index (κ2) is 9.65. The number of hydrogen-bond acceptors (Lipinski definition) is 4. The number of aromatic nitrogens is 1. The molecule has 5 nitrogen and oxygen atoms in total. The summed E-state index contributed by atoms with van der Waals surface area (Å²) in [6.07, 6.45) is 0.0325. The SMILES string of the molecule is Cc1cc(C)cc(NC(=O)COC(=O)Cc2c(C)nc3ccccc3c2-c2ccccc2)c1. The number of aryl methyl sites for hydroxylation is 3. The lowest BCUT2D eigenvalue weighted by atomic mass is 9.93. The Labute approximate surface area is 193 Å². The van der Waals surface area contributed by atoms with Gasteiger partial charge < -0.3 is 10.1 Å². The molecule has 1 N–H and O–H groups in total. The van der Waals surface area contributed by atoms with Crippen LogP contribution in [0.2, 0.25) is 0 Å². The van der Waals surface area contributed by atoms with E-state index in [1.165, 1.54) is 0 Å². The summed E-state index contributed by atoms with van der Waals surface area (Å²) in [5, 5.41) is 3.76. The Balaban J connectivity index is 1.53. The number of fused-ring (bicyclic) bond motifs is 1. The molecule has 4 aromatic rings. The van der Waals surface area contributed by atoms with Crippen LogP contribution in [0.3, 0.4) is 0 Å². The molecule has 1 heterocycles. The normalized spacial score (nSPS) is 10.8. The highest BCUT2D eigenvalue weighted by atomic mass is 16.5. The number of para-hydroxylation sites is 1. The Hall–Kier alpha value is -3.99. The van der Waals surface area contributed by atoms with Crippen LogP contribution in [0.15, 0.2) is 72.8 Å². The van der Waals surface area contributed by atoms with Crippen LogP contribution in [0.1, 0.15) is 22.4 Å². The molecule has 0 saturated carbocycles. The third-order valence-electron chi connectivity index (χ3n) is 5.45. The maximum absolute atomic E-state index is 12.7. The Morgan fingerprint density at radius 2 is 1.55 bits per heavy atom. The zero-order chi connectivity index (χ0) is 23.4. The molecule has 0 radical (unpaired) electrons. The molecule has 33 heavy (non-hydrogen) atoms. The monoisotopic (exact) mass is 438 g/mol. The molecule has 5 heteroatoms. The van der Waals surface area contributed by atoms with E-state index in [4.69, 9.17) is 9.72 Å². The number of nitrogens with zero attached hydrogens (tertiary/aromatic N) is 1. The Bertz CT molecular complexity index is 1310. The van der Waals surface area contributed by atoms with Gasteiger partial charge >= 0.3 is 5.97 Å². The standard InChI is InChI=1S/C28H26N2O3/c1-18-13-19(2)15-22(14-18)30-26(31)17-33-27(32)16-24-20(3)29-25-12-8-7-11-23(25)28(24)21-9-5-4-6-10-21/h4-15H,16-17H2,1-3H3,(H,30,31). The van der Waals surface area contributed by atoms with Crippen molar-refractivity contribution in [2.45, 2.75) is 27.2 Å². The number of benzene rings is 3. The molecule has 0 unspecified atom stereocenters. The average Bonchev–Trinajstić information content (AvgIpc) is 2.78. The highest BCUT2D eigenvalue weighted by Crippen LogP contribution is 2.33. The zero-order valence-corrected chi connectivity index (χ0v) is 19.0. The topological polar surface area (TPSA) is 68.3 Å². The molecular formula is C28H26N2O3. The van der Waals surface area contributed by atoms with Gasteiger partial charge in [0.15, 0.2) is 6.61 Å². The molecule has 0 bridgehead atoms. The second-order valence-corrected chi connectivity index (χ2v) is 8.20. The van der Waals surface area contributed by atoms with Crippen molar-refractivity contribution < 1.29 is 14.3 Å². The van der Waals surface area contributed by atoms with Crippen molar-refractivity contribution in [3.63, 3.8) is 0 Å². The summed E-state index contributed by atoms with van der Waals surface area (Å²) in [5.74, 6) is -0.840. The lowest BCUT2D eigenvalue weighted by molar-refractivity contribution is -0.146. The molecule has 0 aliphatic heterocycles. The first-order valence-corrected chi connectivity index (χ1v) is 10.9. The van der Waals surface area contributed by atoms with E-state index in [9.17, 15) is 9.59 Å². The van der Waals surface area contributed by atoms with Gasteiger partial charge in [-0.15, -0.1) is 0 Å². The number of hydrogen-bond donors (Lipinski definition) is 1. The number of pyridine rings is 1. The van der Waals surface area contributed by atoms with Gasteiger partial charge in [0.1, 0.15) is 0 Å². The molecule has 0 saturated heterocycles. The third-order valence-corrected chi connectivity index (χ3v) is 5.45. The fourth-order valence-corrected chi connectivity index (χ4v) is 4.11. The molecule has 0 aliphatic rings. The summed E-state index contributed by atoms with van der Waals surface area (Å²) in [5.41, 5.74) is 7.21. The van der Waals surface area contributed by atoms with Crippen LogP contribution in [-0.2, 0) is 20.7 Å². The smallest absolute Gasteiger partial charge is 0.310 e. The summed E-state index contributed by atoms with van der Waals surface area (Å²) in [6, 6.07) is 23.6. The maximum Gasteiger partial charge on any atom is 0.310 e. The quantitative estimate of drug-likeness (QED) is 0.401. The number of nitrogens with one attached hydrogen (secondary N) is 1. The molecule has 0 atom stereocenters. The van der Waals surface area contributed by atoms with E-state index in [2.05, 4.69) is 5.32 Å². The summed E-state index contributed by atoms with van der Waals surface area (Å²) in [7, 11) is 0. The molecule has 0 fully saturated rings. The molecule has 0 aliphatic carbocycles. The molecular weight excluding hydrogens is 412 g/mol. The molecule has 1 amide bonds. The number of ether oxygens (including phenoxy) is 1. The third kappa shape index (κ3) is 5.26. The lowest BCUT2D eigenvalue weighted by Gasteiger charge is -2.16. The minimum atomic E-state index is -0.470. The van der Waals surface area contributed by atoms with Crippen molar-refractivity contribution in [3.8, 4) is 11.1 Å². The number of amides is 1. The van der Waals surface area contributed by atoms with Crippen LogP contribution in [0, 0.1) is 20.8 Å². The Morgan fingerprint density at radius 1 is 0.879 bits per heavy atom. The highest BCUT2D eigenvalue weighted by Gasteiger charge is 2.18. The van der Waals surface area contributed by atoms with Crippen LogP contribution in [0.4, 0.5) is 5.69 Å². The number of carbonyl (C=O) groups is 2. The van der Waals surface area contributed by atoms with Gasteiger partial charge in [0.25, 0.3) is 5.91 Å². The fourth-order valence-electron chi connectivity index (χ4n) is 4.11. The first-order valence-electron chi connectivity index (χ1n) is 10.9. The predicted octanol–water partition coefficient (Wildman–Crippen LogP) is 5.55. The Kier molecular flexibility index (Phi) is 6.50. The molecule has 3 aromatic carbocycles. The van der Waals surface area contributed by atoms with Gasteiger partial charge in [0, 0.05) is 16.8 Å². The van der Waals surface area contributed by atoms with E-state index in [1.54, 1.807) is 0 Å². The van der Waals surface area contributed by atoms with Gasteiger partial charge in [0.05, 0.1) is 11.9 Å². The number of rotatable bonds is 6. The Morgan fingerprint density at radius 3 is 2.27 bits per heavy atom. The molecule has 1 aromatic heterocycles. The summed E-state index contributed by atoms with van der Waals surface area (Å²) < 4.78 is 5.32. The van der Waals surface area contributed by atoms with Gasteiger partial charge in [-0.1, -0.05) is 54.6 Å². The first-order chi connectivity index (χ1) is 15.9. The van der Waals surface area contributed by atoms with Crippen LogP contribution < -0.4 is 5.32 Å². The first kappa shape index (κ1) is 22.2. The zero-order valence-electron chi connectivity index (χ0n) is 19.0. The number of anilines is 1. The molecule has 166 valence electrons. The maximum atomic E-state index is 12.7. The van der Waals surface area contributed by atoms with Crippen LogP contribution in [0.25, 0.3) is 22.0 Å². The summed E-state index contributed by atoms with van der Waals surface area (Å²) >= 11 is 0. The number of carbonyl (C=O) groups excluding carboxylic acids is 2.